The molecule has 1 aliphatic heterocycles. The zero-order valence-electron chi connectivity index (χ0n) is 10.7. The molecule has 0 aromatic heterocycles. The highest BCUT2D eigenvalue weighted by molar-refractivity contribution is 5.85. The van der Waals surface area contributed by atoms with Crippen molar-refractivity contribution >= 4 is 18.3 Å². The van der Waals surface area contributed by atoms with Gasteiger partial charge in [-0.2, -0.15) is 13.2 Å². The first kappa shape index (κ1) is 16.6. The van der Waals surface area contributed by atoms with E-state index in [0.29, 0.717) is 38.8 Å². The van der Waals surface area contributed by atoms with Gasteiger partial charge in [0.25, 0.3) is 0 Å². The second kappa shape index (κ2) is 6.31. The van der Waals surface area contributed by atoms with Crippen LogP contribution in [0.1, 0.15) is 32.1 Å². The Morgan fingerprint density at radius 3 is 2.32 bits per heavy atom. The number of carbonyl (C=O) groups excluding carboxylic acids is 1. The van der Waals surface area contributed by atoms with Gasteiger partial charge in [0.1, 0.15) is 0 Å². The standard InChI is InChI=1S/C12H19F3N2O.ClH/c13-12(14,15)10-4-2-1-3-9(10)11(18)17-6-5-8(16)7-17;/h8-10H,1-7,16H2;1H. The number of likely N-dealkylation sites (tertiary alicyclic amines) is 1. The second-order valence-electron chi connectivity index (χ2n) is 5.37. The van der Waals surface area contributed by atoms with Crippen molar-refractivity contribution < 1.29 is 18.0 Å². The van der Waals surface area contributed by atoms with Gasteiger partial charge in [-0.1, -0.05) is 12.8 Å². The van der Waals surface area contributed by atoms with Crippen LogP contribution in [-0.4, -0.2) is 36.1 Å². The van der Waals surface area contributed by atoms with E-state index < -0.39 is 18.0 Å². The largest absolute Gasteiger partial charge is 0.392 e. The average molecular weight is 301 g/mol. The minimum Gasteiger partial charge on any atom is -0.341 e. The Bertz CT molecular complexity index is 325. The van der Waals surface area contributed by atoms with Gasteiger partial charge in [-0.25, -0.2) is 0 Å². The first-order chi connectivity index (χ1) is 8.39. The van der Waals surface area contributed by atoms with E-state index in [0.717, 1.165) is 0 Å². The minimum absolute atomic E-state index is 0. The summed E-state index contributed by atoms with van der Waals surface area (Å²) >= 11 is 0. The maximum absolute atomic E-state index is 12.9. The molecule has 3 nitrogen and oxygen atoms in total. The molecule has 3 atom stereocenters. The van der Waals surface area contributed by atoms with E-state index in [1.807, 2.05) is 0 Å². The van der Waals surface area contributed by atoms with Gasteiger partial charge in [-0.15, -0.1) is 12.4 Å². The average Bonchev–Trinajstić information content (AvgIpc) is 2.74. The quantitative estimate of drug-likeness (QED) is 0.808. The number of nitrogens with two attached hydrogens (primary N) is 1. The fourth-order valence-electron chi connectivity index (χ4n) is 3.04. The monoisotopic (exact) mass is 300 g/mol. The molecular weight excluding hydrogens is 281 g/mol. The molecule has 0 radical (unpaired) electrons. The van der Waals surface area contributed by atoms with Gasteiger partial charge >= 0.3 is 6.18 Å². The molecule has 2 aliphatic rings. The van der Waals surface area contributed by atoms with Crippen molar-refractivity contribution in [3.05, 3.63) is 0 Å². The third-order valence-electron chi connectivity index (χ3n) is 4.04. The second-order valence-corrected chi connectivity index (χ2v) is 5.37. The van der Waals surface area contributed by atoms with Crippen LogP contribution in [0.2, 0.25) is 0 Å². The molecule has 1 saturated carbocycles. The number of amides is 1. The number of alkyl halides is 3. The summed E-state index contributed by atoms with van der Waals surface area (Å²) in [4.78, 5) is 13.7. The van der Waals surface area contributed by atoms with Crippen LogP contribution in [0, 0.1) is 11.8 Å². The zero-order chi connectivity index (χ0) is 13.3. The lowest BCUT2D eigenvalue weighted by Gasteiger charge is -2.34. The lowest BCUT2D eigenvalue weighted by atomic mass is 9.78. The lowest BCUT2D eigenvalue weighted by Crippen LogP contribution is -2.44. The van der Waals surface area contributed by atoms with E-state index >= 15 is 0 Å². The molecule has 1 aliphatic carbocycles. The summed E-state index contributed by atoms with van der Waals surface area (Å²) in [5, 5.41) is 0. The van der Waals surface area contributed by atoms with Gasteiger partial charge in [0.15, 0.2) is 0 Å². The summed E-state index contributed by atoms with van der Waals surface area (Å²) in [6, 6.07) is -0.0816. The predicted octanol–water partition coefficient (Wildman–Crippen LogP) is 2.34. The lowest BCUT2D eigenvalue weighted by molar-refractivity contribution is -0.200. The van der Waals surface area contributed by atoms with Crippen LogP contribution in [-0.2, 0) is 4.79 Å². The number of hydrogen-bond acceptors (Lipinski definition) is 2. The van der Waals surface area contributed by atoms with Crippen LogP contribution in [0.4, 0.5) is 13.2 Å². The van der Waals surface area contributed by atoms with Gasteiger partial charge < -0.3 is 10.6 Å². The van der Waals surface area contributed by atoms with Crippen molar-refractivity contribution in [1.29, 1.82) is 0 Å². The highest BCUT2D eigenvalue weighted by Crippen LogP contribution is 2.42. The molecule has 0 aromatic rings. The van der Waals surface area contributed by atoms with Crippen LogP contribution in [0.5, 0.6) is 0 Å². The van der Waals surface area contributed by atoms with E-state index in [1.165, 1.54) is 4.90 Å². The number of rotatable bonds is 1. The van der Waals surface area contributed by atoms with Crippen molar-refractivity contribution in [2.75, 3.05) is 13.1 Å². The minimum atomic E-state index is -4.26. The van der Waals surface area contributed by atoms with Gasteiger partial charge in [-0.3, -0.25) is 4.79 Å². The predicted molar refractivity (Wildman–Crippen MR) is 67.9 cm³/mol. The molecule has 2 fully saturated rings. The molecule has 2 N–H and O–H groups in total. The van der Waals surface area contributed by atoms with Gasteiger partial charge in [-0.05, 0) is 19.3 Å². The molecule has 112 valence electrons. The van der Waals surface area contributed by atoms with Crippen molar-refractivity contribution in [3.63, 3.8) is 0 Å². The zero-order valence-corrected chi connectivity index (χ0v) is 11.5. The number of carbonyl (C=O) groups is 1. The highest BCUT2D eigenvalue weighted by atomic mass is 35.5. The van der Waals surface area contributed by atoms with E-state index in [9.17, 15) is 18.0 Å². The van der Waals surface area contributed by atoms with Crippen LogP contribution >= 0.6 is 12.4 Å². The Hall–Kier alpha value is -0.490. The molecule has 1 heterocycles. The number of halogens is 4. The third-order valence-corrected chi connectivity index (χ3v) is 4.04. The molecular formula is C12H20ClF3N2O. The summed E-state index contributed by atoms with van der Waals surface area (Å²) in [5.74, 6) is -2.69. The van der Waals surface area contributed by atoms with E-state index in [-0.39, 0.29) is 30.8 Å². The first-order valence-corrected chi connectivity index (χ1v) is 6.50. The van der Waals surface area contributed by atoms with E-state index in [2.05, 4.69) is 0 Å². The van der Waals surface area contributed by atoms with E-state index in [1.54, 1.807) is 0 Å². The molecule has 0 aromatic carbocycles. The molecule has 7 heteroatoms. The van der Waals surface area contributed by atoms with Gasteiger partial charge in [0.2, 0.25) is 5.91 Å². The molecule has 0 spiro atoms. The maximum Gasteiger partial charge on any atom is 0.392 e. The van der Waals surface area contributed by atoms with Crippen molar-refractivity contribution in [1.82, 2.24) is 4.90 Å². The fourth-order valence-corrected chi connectivity index (χ4v) is 3.04. The normalized spacial score (nSPS) is 32.0. The number of nitrogens with zero attached hydrogens (tertiary/aromatic N) is 1. The van der Waals surface area contributed by atoms with Gasteiger partial charge in [0.05, 0.1) is 5.92 Å². The van der Waals surface area contributed by atoms with Crippen LogP contribution < -0.4 is 5.73 Å². The van der Waals surface area contributed by atoms with Crippen LogP contribution in [0.15, 0.2) is 0 Å². The highest BCUT2D eigenvalue weighted by Gasteiger charge is 2.49. The van der Waals surface area contributed by atoms with Crippen molar-refractivity contribution in [2.24, 2.45) is 17.6 Å². The molecule has 3 unspecified atom stereocenters. The summed E-state index contributed by atoms with van der Waals surface area (Å²) < 4.78 is 38.8. The molecule has 19 heavy (non-hydrogen) atoms. The Morgan fingerprint density at radius 2 is 1.79 bits per heavy atom. The van der Waals surface area contributed by atoms with Crippen molar-refractivity contribution in [2.45, 2.75) is 44.3 Å². The fraction of sp³-hybridized carbons (Fsp3) is 0.917. The van der Waals surface area contributed by atoms with E-state index in [4.69, 9.17) is 5.73 Å². The molecule has 2 rings (SSSR count). The maximum atomic E-state index is 12.9. The van der Waals surface area contributed by atoms with Gasteiger partial charge in [0, 0.05) is 25.0 Å². The summed E-state index contributed by atoms with van der Waals surface area (Å²) in [6.07, 6.45) is -1.86. The summed E-state index contributed by atoms with van der Waals surface area (Å²) in [6.45, 7) is 0.904. The molecule has 0 bridgehead atoms. The smallest absolute Gasteiger partial charge is 0.341 e. The third kappa shape index (κ3) is 3.75. The molecule has 1 amide bonds. The topological polar surface area (TPSA) is 46.3 Å². The molecule has 1 saturated heterocycles. The van der Waals surface area contributed by atoms with Crippen LogP contribution in [0.25, 0.3) is 0 Å². The summed E-state index contributed by atoms with van der Waals surface area (Å²) in [7, 11) is 0. The van der Waals surface area contributed by atoms with Crippen molar-refractivity contribution in [3.8, 4) is 0 Å². The number of hydrogen-bond donors (Lipinski definition) is 1. The van der Waals surface area contributed by atoms with Crippen LogP contribution in [0.3, 0.4) is 0 Å². The first-order valence-electron chi connectivity index (χ1n) is 6.50. The SMILES string of the molecule is Cl.NC1CCN(C(=O)C2CCCCC2C(F)(F)F)C1. The summed E-state index contributed by atoms with van der Waals surface area (Å²) in [5.41, 5.74) is 5.70. The Balaban J connectivity index is 0.00000180. The Labute approximate surface area is 117 Å². The Kier molecular flexibility index (Phi) is 5.50. The Morgan fingerprint density at radius 1 is 1.16 bits per heavy atom.